The number of sulfonamides is 1. The molecule has 1 aliphatic heterocycles. The van der Waals surface area contributed by atoms with Gasteiger partial charge in [0.05, 0.1) is 14.2 Å². The fourth-order valence-corrected chi connectivity index (χ4v) is 5.41. The molecule has 1 heterocycles. The minimum Gasteiger partial charge on any atom is -0.497 e. The number of ether oxygens (including phenoxy) is 2. The summed E-state index contributed by atoms with van der Waals surface area (Å²) in [6.45, 7) is 3.44. The van der Waals surface area contributed by atoms with Crippen molar-refractivity contribution in [2.45, 2.75) is 44.3 Å². The molecule has 2 aromatic carbocycles. The van der Waals surface area contributed by atoms with Crippen LogP contribution in [-0.4, -0.2) is 61.5 Å². The van der Waals surface area contributed by atoms with Gasteiger partial charge in [-0.15, -0.1) is 0 Å². The Labute approximate surface area is 185 Å². The van der Waals surface area contributed by atoms with Crippen LogP contribution in [0.2, 0.25) is 0 Å². The van der Waals surface area contributed by atoms with Gasteiger partial charge in [0.25, 0.3) is 0 Å². The lowest BCUT2D eigenvalue weighted by Gasteiger charge is -2.32. The molecule has 7 nitrogen and oxygen atoms in total. The highest BCUT2D eigenvalue weighted by Gasteiger charge is 2.37. The van der Waals surface area contributed by atoms with E-state index in [1.807, 2.05) is 53.4 Å². The average molecular weight is 449 g/mol. The van der Waals surface area contributed by atoms with E-state index in [0.717, 1.165) is 37.1 Å². The fourth-order valence-electron chi connectivity index (χ4n) is 3.80. The molecule has 0 saturated carbocycles. The van der Waals surface area contributed by atoms with Gasteiger partial charge in [-0.05, 0) is 55.2 Å². The van der Waals surface area contributed by atoms with Gasteiger partial charge in [-0.1, -0.05) is 24.3 Å². The van der Waals surface area contributed by atoms with E-state index in [0.29, 0.717) is 11.5 Å². The number of methoxy groups -OCH3 is 2. The van der Waals surface area contributed by atoms with E-state index in [9.17, 15) is 13.5 Å². The Kier molecular flexibility index (Phi) is 7.94. The Morgan fingerprint density at radius 3 is 1.71 bits per heavy atom. The van der Waals surface area contributed by atoms with Crippen LogP contribution in [0.5, 0.6) is 11.5 Å². The third-order valence-corrected chi connectivity index (χ3v) is 7.96. The van der Waals surface area contributed by atoms with Crippen LogP contribution in [0, 0.1) is 0 Å². The topological polar surface area (TPSA) is 79.3 Å². The van der Waals surface area contributed by atoms with E-state index in [1.165, 1.54) is 4.31 Å². The summed E-state index contributed by atoms with van der Waals surface area (Å²) in [6.07, 6.45) is 0.929. The molecule has 0 aromatic heterocycles. The van der Waals surface area contributed by atoms with Crippen molar-refractivity contribution < 1.29 is 23.0 Å². The average Bonchev–Trinajstić information content (AvgIpc) is 3.33. The maximum Gasteiger partial charge on any atom is 0.221 e. The first-order valence-electron chi connectivity index (χ1n) is 10.5. The van der Waals surface area contributed by atoms with Crippen LogP contribution >= 0.6 is 0 Å². The van der Waals surface area contributed by atoms with Crippen molar-refractivity contribution in [3.8, 4) is 11.5 Å². The lowest BCUT2D eigenvalue weighted by atomic mass is 10.2. The highest BCUT2D eigenvalue weighted by atomic mass is 32.2. The number of aliphatic hydroxyl groups is 1. The van der Waals surface area contributed by atoms with E-state index >= 15 is 0 Å². The molecule has 0 aliphatic carbocycles. The van der Waals surface area contributed by atoms with Crippen LogP contribution < -0.4 is 9.47 Å². The molecule has 170 valence electrons. The number of nitrogens with zero attached hydrogens (tertiary/aromatic N) is 2. The van der Waals surface area contributed by atoms with Crippen LogP contribution in [-0.2, 0) is 23.1 Å². The predicted molar refractivity (Wildman–Crippen MR) is 120 cm³/mol. The van der Waals surface area contributed by atoms with E-state index in [4.69, 9.17) is 9.47 Å². The van der Waals surface area contributed by atoms with Gasteiger partial charge in [-0.2, -0.15) is 4.31 Å². The molecular weight excluding hydrogens is 416 g/mol. The minimum absolute atomic E-state index is 0.204. The Hall–Kier alpha value is -2.13. The molecule has 1 N–H and O–H groups in total. The SMILES string of the molecule is COc1ccc(CN(Cc2ccc(OC)cc2)S(=O)(=O)[C@@H](C)[C@H](O)N2CCCC2)cc1. The molecule has 8 heteroatoms. The second kappa shape index (κ2) is 10.5. The van der Waals surface area contributed by atoms with E-state index in [-0.39, 0.29) is 13.1 Å². The lowest BCUT2D eigenvalue weighted by Crippen LogP contribution is -2.49. The Balaban J connectivity index is 1.86. The molecule has 1 fully saturated rings. The molecule has 0 radical (unpaired) electrons. The normalized spacial score (nSPS) is 16.9. The molecule has 0 spiro atoms. The highest BCUT2D eigenvalue weighted by molar-refractivity contribution is 7.89. The summed E-state index contributed by atoms with van der Waals surface area (Å²) < 4.78 is 39.0. The molecule has 2 atom stereocenters. The Bertz CT molecular complexity index is 876. The molecule has 0 unspecified atom stereocenters. The van der Waals surface area contributed by atoms with Gasteiger partial charge in [-0.25, -0.2) is 8.42 Å². The van der Waals surface area contributed by atoms with Crippen molar-refractivity contribution in [3.05, 3.63) is 59.7 Å². The molecule has 1 aliphatic rings. The summed E-state index contributed by atoms with van der Waals surface area (Å²) in [5, 5.41) is 9.82. The zero-order valence-corrected chi connectivity index (χ0v) is 19.2. The van der Waals surface area contributed by atoms with Crippen LogP contribution in [0.25, 0.3) is 0 Å². The van der Waals surface area contributed by atoms with Gasteiger partial charge in [0.2, 0.25) is 10.0 Å². The zero-order chi connectivity index (χ0) is 22.4. The van der Waals surface area contributed by atoms with E-state index in [1.54, 1.807) is 21.1 Å². The molecule has 1 saturated heterocycles. The summed E-state index contributed by atoms with van der Waals surface area (Å²) in [4.78, 5) is 1.85. The Morgan fingerprint density at radius 1 is 0.903 bits per heavy atom. The molecule has 2 aromatic rings. The van der Waals surface area contributed by atoms with Gasteiger partial charge >= 0.3 is 0 Å². The number of rotatable bonds is 10. The molecular formula is C23H32N2O5S. The summed E-state index contributed by atoms with van der Waals surface area (Å²) in [5.74, 6) is 1.43. The predicted octanol–water partition coefficient (Wildman–Crippen LogP) is 2.84. The largest absolute Gasteiger partial charge is 0.497 e. The zero-order valence-electron chi connectivity index (χ0n) is 18.4. The molecule has 3 rings (SSSR count). The summed E-state index contributed by atoms with van der Waals surface area (Å²) in [7, 11) is -0.598. The first-order valence-corrected chi connectivity index (χ1v) is 12.0. The standard InChI is InChI=1S/C23H32N2O5S/c1-18(23(26)24-14-4-5-15-24)31(27,28)25(16-19-6-10-21(29-2)11-7-19)17-20-8-12-22(30-3)13-9-20/h6-13,18,23,26H,4-5,14-17H2,1-3H3/t18-,23-/m0/s1. The number of aliphatic hydroxyl groups excluding tert-OH is 1. The van der Waals surface area contributed by atoms with Crippen molar-refractivity contribution in [2.24, 2.45) is 0 Å². The van der Waals surface area contributed by atoms with Gasteiger partial charge in [0.1, 0.15) is 23.0 Å². The fraction of sp³-hybridized carbons (Fsp3) is 0.478. The molecule has 0 bridgehead atoms. The first-order chi connectivity index (χ1) is 14.8. The monoisotopic (exact) mass is 448 g/mol. The smallest absolute Gasteiger partial charge is 0.221 e. The van der Waals surface area contributed by atoms with Crippen LogP contribution in [0.4, 0.5) is 0 Å². The van der Waals surface area contributed by atoms with Crippen molar-refractivity contribution in [2.75, 3.05) is 27.3 Å². The van der Waals surface area contributed by atoms with Crippen molar-refractivity contribution in [1.29, 1.82) is 0 Å². The third kappa shape index (κ3) is 5.77. The number of hydrogen-bond acceptors (Lipinski definition) is 6. The van der Waals surface area contributed by atoms with Crippen molar-refractivity contribution >= 4 is 10.0 Å². The van der Waals surface area contributed by atoms with Crippen LogP contribution in [0.3, 0.4) is 0 Å². The second-order valence-electron chi connectivity index (χ2n) is 7.87. The molecule has 31 heavy (non-hydrogen) atoms. The van der Waals surface area contributed by atoms with Crippen LogP contribution in [0.15, 0.2) is 48.5 Å². The second-order valence-corrected chi connectivity index (χ2v) is 10.2. The number of hydrogen-bond donors (Lipinski definition) is 1. The van der Waals surface area contributed by atoms with Crippen LogP contribution in [0.1, 0.15) is 30.9 Å². The summed E-state index contributed by atoms with van der Waals surface area (Å²) in [5.41, 5.74) is 1.70. The van der Waals surface area contributed by atoms with Gasteiger partial charge in [0, 0.05) is 26.2 Å². The summed E-state index contributed by atoms with van der Waals surface area (Å²) in [6, 6.07) is 14.7. The number of likely N-dealkylation sites (tertiary alicyclic amines) is 1. The third-order valence-electron chi connectivity index (χ3n) is 5.80. The highest BCUT2D eigenvalue weighted by Crippen LogP contribution is 2.24. The maximum atomic E-state index is 13.6. The van der Waals surface area contributed by atoms with Gasteiger partial charge < -0.3 is 14.6 Å². The lowest BCUT2D eigenvalue weighted by molar-refractivity contribution is 0.0194. The van der Waals surface area contributed by atoms with E-state index < -0.39 is 21.5 Å². The van der Waals surface area contributed by atoms with E-state index in [2.05, 4.69) is 0 Å². The summed E-state index contributed by atoms with van der Waals surface area (Å²) >= 11 is 0. The minimum atomic E-state index is -3.79. The maximum absolute atomic E-state index is 13.6. The Morgan fingerprint density at radius 2 is 1.32 bits per heavy atom. The number of benzene rings is 2. The van der Waals surface area contributed by atoms with Gasteiger partial charge in [0.15, 0.2) is 0 Å². The first kappa shape index (κ1) is 23.5. The van der Waals surface area contributed by atoms with Crippen molar-refractivity contribution in [3.63, 3.8) is 0 Å². The van der Waals surface area contributed by atoms with Crippen molar-refractivity contribution in [1.82, 2.24) is 9.21 Å². The molecule has 0 amide bonds. The van der Waals surface area contributed by atoms with Gasteiger partial charge in [-0.3, -0.25) is 4.90 Å². The quantitative estimate of drug-likeness (QED) is 0.602.